The van der Waals surface area contributed by atoms with E-state index in [1.54, 1.807) is 0 Å². The number of likely N-dealkylation sites (tertiary alicyclic amines) is 1. The Kier molecular flexibility index (Phi) is 10.5. The summed E-state index contributed by atoms with van der Waals surface area (Å²) < 4.78 is 0. The minimum atomic E-state index is 0. The zero-order chi connectivity index (χ0) is 17.2. The first-order chi connectivity index (χ1) is 11.7. The summed E-state index contributed by atoms with van der Waals surface area (Å²) in [6.45, 7) is 8.43. The lowest BCUT2D eigenvalue weighted by Crippen LogP contribution is -2.45. The number of guanidine groups is 1. The van der Waals surface area contributed by atoms with Crippen molar-refractivity contribution in [2.75, 3.05) is 26.2 Å². The molecule has 1 fully saturated rings. The predicted octanol–water partition coefficient (Wildman–Crippen LogP) is 3.01. The third kappa shape index (κ3) is 8.07. The fourth-order valence-corrected chi connectivity index (χ4v) is 2.79. The maximum Gasteiger partial charge on any atom is 0.222 e. The van der Waals surface area contributed by atoms with E-state index in [4.69, 9.17) is 0 Å². The van der Waals surface area contributed by atoms with Crippen molar-refractivity contribution < 1.29 is 4.79 Å². The van der Waals surface area contributed by atoms with E-state index in [-0.39, 0.29) is 29.9 Å². The number of piperidine rings is 1. The van der Waals surface area contributed by atoms with E-state index in [2.05, 4.69) is 34.4 Å². The van der Waals surface area contributed by atoms with E-state index >= 15 is 0 Å². The highest BCUT2D eigenvalue weighted by molar-refractivity contribution is 14.0. The summed E-state index contributed by atoms with van der Waals surface area (Å²) in [4.78, 5) is 18.9. The van der Waals surface area contributed by atoms with E-state index in [1.807, 2.05) is 30.3 Å². The Morgan fingerprint density at radius 1 is 1.20 bits per heavy atom. The molecule has 0 radical (unpaired) electrons. The summed E-state index contributed by atoms with van der Waals surface area (Å²) in [5, 5.41) is 6.29. The van der Waals surface area contributed by atoms with Gasteiger partial charge in [0.1, 0.15) is 0 Å². The molecule has 6 heteroatoms. The molecule has 1 heterocycles. The maximum absolute atomic E-state index is 12.0. The quantitative estimate of drug-likeness (QED) is 0.392. The van der Waals surface area contributed by atoms with Crippen molar-refractivity contribution in [1.82, 2.24) is 15.5 Å². The van der Waals surface area contributed by atoms with Crippen LogP contribution in [-0.4, -0.2) is 42.9 Å². The molecule has 2 rings (SSSR count). The molecule has 0 aliphatic carbocycles. The maximum atomic E-state index is 12.0. The van der Waals surface area contributed by atoms with E-state index in [0.29, 0.717) is 19.5 Å². The van der Waals surface area contributed by atoms with Crippen LogP contribution in [0.2, 0.25) is 0 Å². The number of hydrogen-bond donors (Lipinski definition) is 2. The van der Waals surface area contributed by atoms with Gasteiger partial charge in [0, 0.05) is 32.6 Å². The molecule has 5 nitrogen and oxygen atoms in total. The van der Waals surface area contributed by atoms with Crippen LogP contribution in [0, 0.1) is 5.92 Å². The Hall–Kier alpha value is -1.31. The van der Waals surface area contributed by atoms with Crippen molar-refractivity contribution >= 4 is 35.8 Å². The molecule has 0 saturated carbocycles. The Labute approximate surface area is 168 Å². The van der Waals surface area contributed by atoms with Gasteiger partial charge in [-0.3, -0.25) is 9.79 Å². The third-order valence-corrected chi connectivity index (χ3v) is 4.35. The summed E-state index contributed by atoms with van der Waals surface area (Å²) >= 11 is 0. The molecule has 0 aromatic heterocycles. The molecule has 0 atom stereocenters. The molecule has 2 N–H and O–H groups in total. The Morgan fingerprint density at radius 2 is 1.88 bits per heavy atom. The Balaban J connectivity index is 0.00000312. The summed E-state index contributed by atoms with van der Waals surface area (Å²) in [7, 11) is 0. The van der Waals surface area contributed by atoms with Gasteiger partial charge in [-0.25, -0.2) is 0 Å². The Morgan fingerprint density at radius 3 is 2.52 bits per heavy atom. The largest absolute Gasteiger partial charge is 0.357 e. The predicted molar refractivity (Wildman–Crippen MR) is 114 cm³/mol. The van der Waals surface area contributed by atoms with Gasteiger partial charge in [-0.05, 0) is 31.2 Å². The highest BCUT2D eigenvalue weighted by Gasteiger charge is 2.18. The van der Waals surface area contributed by atoms with E-state index in [0.717, 1.165) is 37.1 Å². The van der Waals surface area contributed by atoms with Crippen LogP contribution < -0.4 is 10.6 Å². The number of aliphatic imine (C=N–C) groups is 1. The summed E-state index contributed by atoms with van der Waals surface area (Å²) in [6.07, 6.45) is 2.84. The van der Waals surface area contributed by atoms with Crippen molar-refractivity contribution in [3.8, 4) is 0 Å². The van der Waals surface area contributed by atoms with Crippen molar-refractivity contribution in [3.63, 3.8) is 0 Å². The van der Waals surface area contributed by atoms with Crippen LogP contribution in [0.5, 0.6) is 0 Å². The smallest absolute Gasteiger partial charge is 0.222 e. The first kappa shape index (κ1) is 21.7. The highest BCUT2D eigenvalue weighted by Crippen LogP contribution is 2.15. The van der Waals surface area contributed by atoms with Gasteiger partial charge < -0.3 is 15.5 Å². The van der Waals surface area contributed by atoms with E-state index in [1.165, 1.54) is 12.8 Å². The second-order valence-corrected chi connectivity index (χ2v) is 6.42. The molecule has 1 aliphatic rings. The molecule has 1 aromatic rings. The van der Waals surface area contributed by atoms with Gasteiger partial charge >= 0.3 is 0 Å². The van der Waals surface area contributed by atoms with Gasteiger partial charge in [-0.15, -0.1) is 24.0 Å². The fraction of sp³-hybridized carbons (Fsp3) is 0.579. The van der Waals surface area contributed by atoms with Gasteiger partial charge in [0.2, 0.25) is 5.91 Å². The number of nitrogens with zero attached hydrogens (tertiary/aromatic N) is 2. The minimum Gasteiger partial charge on any atom is -0.357 e. The third-order valence-electron chi connectivity index (χ3n) is 4.35. The number of rotatable bonds is 6. The topological polar surface area (TPSA) is 56.7 Å². The highest BCUT2D eigenvalue weighted by atomic mass is 127. The first-order valence-corrected chi connectivity index (χ1v) is 9.03. The number of benzene rings is 1. The lowest BCUT2D eigenvalue weighted by atomic mass is 10.00. The zero-order valence-electron chi connectivity index (χ0n) is 15.3. The van der Waals surface area contributed by atoms with Crippen molar-refractivity contribution in [1.29, 1.82) is 0 Å². The average Bonchev–Trinajstić information content (AvgIpc) is 2.61. The van der Waals surface area contributed by atoms with Crippen LogP contribution in [0.3, 0.4) is 0 Å². The van der Waals surface area contributed by atoms with Crippen LogP contribution in [0.25, 0.3) is 0 Å². The minimum absolute atomic E-state index is 0. The second kappa shape index (κ2) is 12.1. The zero-order valence-corrected chi connectivity index (χ0v) is 17.7. The lowest BCUT2D eigenvalue weighted by Gasteiger charge is -2.33. The number of halogens is 1. The van der Waals surface area contributed by atoms with Crippen molar-refractivity contribution in [2.24, 2.45) is 10.9 Å². The molecule has 25 heavy (non-hydrogen) atoms. The molecule has 0 spiro atoms. The van der Waals surface area contributed by atoms with Gasteiger partial charge in [0.05, 0.1) is 6.54 Å². The molecule has 1 saturated heterocycles. The Bertz CT molecular complexity index is 527. The standard InChI is InChI=1S/C19H30N4O.HI/c1-3-20-19(23-13-10-16(2)11-14-23)21-12-9-18(24)22-15-17-7-5-4-6-8-17;/h4-8,16H,3,9-15H2,1-2H3,(H,20,21)(H,22,24);1H. The van der Waals surface area contributed by atoms with E-state index < -0.39 is 0 Å². The molecule has 1 aliphatic heterocycles. The van der Waals surface area contributed by atoms with Crippen LogP contribution in [0.1, 0.15) is 38.7 Å². The number of carbonyl (C=O) groups is 1. The van der Waals surface area contributed by atoms with Gasteiger partial charge in [0.25, 0.3) is 0 Å². The number of amides is 1. The molecule has 1 amide bonds. The first-order valence-electron chi connectivity index (χ1n) is 9.03. The second-order valence-electron chi connectivity index (χ2n) is 6.42. The van der Waals surface area contributed by atoms with E-state index in [9.17, 15) is 4.79 Å². The molecular weight excluding hydrogens is 427 g/mol. The molecule has 0 bridgehead atoms. The van der Waals surface area contributed by atoms with Crippen LogP contribution in [0.15, 0.2) is 35.3 Å². The van der Waals surface area contributed by atoms with Gasteiger partial charge in [0.15, 0.2) is 5.96 Å². The van der Waals surface area contributed by atoms with Crippen LogP contribution in [-0.2, 0) is 11.3 Å². The normalized spacial score (nSPS) is 15.4. The molecular formula is C19H31IN4O. The summed E-state index contributed by atoms with van der Waals surface area (Å²) in [6, 6.07) is 9.96. The lowest BCUT2D eigenvalue weighted by molar-refractivity contribution is -0.121. The van der Waals surface area contributed by atoms with Crippen molar-refractivity contribution in [2.45, 2.75) is 39.7 Å². The number of carbonyl (C=O) groups excluding carboxylic acids is 1. The SMILES string of the molecule is CCNC(=NCCC(=O)NCc1ccccc1)N1CCC(C)CC1.I. The summed E-state index contributed by atoms with van der Waals surface area (Å²) in [5.74, 6) is 1.79. The molecule has 1 aromatic carbocycles. The number of nitrogens with one attached hydrogen (secondary N) is 2. The fourth-order valence-electron chi connectivity index (χ4n) is 2.79. The molecule has 140 valence electrons. The number of hydrogen-bond acceptors (Lipinski definition) is 2. The van der Waals surface area contributed by atoms with Gasteiger partial charge in [-0.1, -0.05) is 37.3 Å². The van der Waals surface area contributed by atoms with Gasteiger partial charge in [-0.2, -0.15) is 0 Å². The monoisotopic (exact) mass is 458 g/mol. The van der Waals surface area contributed by atoms with Crippen LogP contribution in [0.4, 0.5) is 0 Å². The molecule has 0 unspecified atom stereocenters. The summed E-state index contributed by atoms with van der Waals surface area (Å²) in [5.41, 5.74) is 1.12. The van der Waals surface area contributed by atoms with Crippen molar-refractivity contribution in [3.05, 3.63) is 35.9 Å². The van der Waals surface area contributed by atoms with Crippen LogP contribution >= 0.6 is 24.0 Å². The average molecular weight is 458 g/mol.